The molecule has 0 spiro atoms. The van der Waals surface area contributed by atoms with Gasteiger partial charge in [0.15, 0.2) is 0 Å². The number of nitrogens with zero attached hydrogens (tertiary/aromatic N) is 2. The standard InChI is InChI=1S/C18H26N6O2/c1-4-19-16-12-17(23-13(3)22-16)20-10-11-21-18(25)24-14-6-8-15(9-7-14)26-5-2/h6-9,12H,4-5,10-11H2,1-3H3,(H2,21,24,25)(H2,19,20,22,23). The molecule has 1 heterocycles. The second-order valence-corrected chi connectivity index (χ2v) is 5.48. The molecule has 26 heavy (non-hydrogen) atoms. The van der Waals surface area contributed by atoms with Crippen LogP contribution in [0.25, 0.3) is 0 Å². The van der Waals surface area contributed by atoms with Gasteiger partial charge in [-0.25, -0.2) is 14.8 Å². The topological polar surface area (TPSA) is 100 Å². The zero-order valence-corrected chi connectivity index (χ0v) is 15.4. The molecule has 0 aliphatic carbocycles. The molecule has 0 unspecified atom stereocenters. The quantitative estimate of drug-likeness (QED) is 0.514. The van der Waals surface area contributed by atoms with Gasteiger partial charge >= 0.3 is 6.03 Å². The molecule has 140 valence electrons. The van der Waals surface area contributed by atoms with Crippen LogP contribution in [0.3, 0.4) is 0 Å². The van der Waals surface area contributed by atoms with Crippen molar-refractivity contribution in [3.05, 3.63) is 36.2 Å². The lowest BCUT2D eigenvalue weighted by molar-refractivity contribution is 0.252. The maximum Gasteiger partial charge on any atom is 0.319 e. The van der Waals surface area contributed by atoms with E-state index in [1.165, 1.54) is 0 Å². The van der Waals surface area contributed by atoms with Crippen molar-refractivity contribution in [1.82, 2.24) is 15.3 Å². The maximum atomic E-state index is 11.9. The zero-order chi connectivity index (χ0) is 18.8. The van der Waals surface area contributed by atoms with Crippen molar-refractivity contribution >= 4 is 23.4 Å². The molecule has 2 aromatic rings. The average molecular weight is 358 g/mol. The molecule has 0 bridgehead atoms. The number of urea groups is 1. The summed E-state index contributed by atoms with van der Waals surface area (Å²) in [6.45, 7) is 8.20. The predicted molar refractivity (Wildman–Crippen MR) is 104 cm³/mol. The van der Waals surface area contributed by atoms with Gasteiger partial charge in [-0.2, -0.15) is 0 Å². The van der Waals surface area contributed by atoms with Gasteiger partial charge in [0.05, 0.1) is 6.61 Å². The summed E-state index contributed by atoms with van der Waals surface area (Å²) >= 11 is 0. The van der Waals surface area contributed by atoms with Gasteiger partial charge in [-0.1, -0.05) is 0 Å². The van der Waals surface area contributed by atoms with E-state index in [9.17, 15) is 4.79 Å². The number of anilines is 3. The van der Waals surface area contributed by atoms with Gasteiger partial charge in [-0.05, 0) is 45.0 Å². The Morgan fingerprint density at radius 3 is 2.38 bits per heavy atom. The molecule has 4 N–H and O–H groups in total. The number of aryl methyl sites for hydroxylation is 1. The van der Waals surface area contributed by atoms with Crippen molar-refractivity contribution in [3.63, 3.8) is 0 Å². The molecule has 0 radical (unpaired) electrons. The Hall–Kier alpha value is -3.03. The fourth-order valence-electron chi connectivity index (χ4n) is 2.27. The number of amides is 2. The normalized spacial score (nSPS) is 10.1. The third-order valence-corrected chi connectivity index (χ3v) is 3.34. The van der Waals surface area contributed by atoms with E-state index in [2.05, 4.69) is 31.2 Å². The maximum absolute atomic E-state index is 11.9. The Labute approximate surface area is 153 Å². The summed E-state index contributed by atoms with van der Waals surface area (Å²) in [5.74, 6) is 2.97. The van der Waals surface area contributed by atoms with Gasteiger partial charge in [0.1, 0.15) is 23.2 Å². The highest BCUT2D eigenvalue weighted by Gasteiger charge is 2.03. The van der Waals surface area contributed by atoms with E-state index in [-0.39, 0.29) is 6.03 Å². The molecule has 2 rings (SSSR count). The number of hydrogen-bond acceptors (Lipinski definition) is 6. The van der Waals surface area contributed by atoms with Crippen molar-refractivity contribution in [2.24, 2.45) is 0 Å². The molecule has 1 aromatic heterocycles. The molecule has 0 saturated carbocycles. The Kier molecular flexibility index (Phi) is 7.48. The number of carbonyl (C=O) groups is 1. The lowest BCUT2D eigenvalue weighted by Crippen LogP contribution is -2.32. The van der Waals surface area contributed by atoms with Crippen LogP contribution in [0.15, 0.2) is 30.3 Å². The highest BCUT2D eigenvalue weighted by molar-refractivity contribution is 5.89. The minimum atomic E-state index is -0.261. The molecule has 0 fully saturated rings. The van der Waals surface area contributed by atoms with Gasteiger partial charge in [0, 0.05) is 31.4 Å². The minimum absolute atomic E-state index is 0.261. The Balaban J connectivity index is 1.73. The van der Waals surface area contributed by atoms with E-state index < -0.39 is 0 Å². The van der Waals surface area contributed by atoms with Crippen LogP contribution in [0, 0.1) is 6.92 Å². The minimum Gasteiger partial charge on any atom is -0.494 e. The lowest BCUT2D eigenvalue weighted by atomic mass is 10.3. The van der Waals surface area contributed by atoms with Crippen LogP contribution in [0.4, 0.5) is 22.1 Å². The number of rotatable bonds is 9. The van der Waals surface area contributed by atoms with Crippen LogP contribution in [0.1, 0.15) is 19.7 Å². The second-order valence-electron chi connectivity index (χ2n) is 5.48. The average Bonchev–Trinajstić information content (AvgIpc) is 2.61. The summed E-state index contributed by atoms with van der Waals surface area (Å²) < 4.78 is 5.37. The fourth-order valence-corrected chi connectivity index (χ4v) is 2.27. The molecule has 2 amide bonds. The molecule has 8 nitrogen and oxygen atoms in total. The highest BCUT2D eigenvalue weighted by atomic mass is 16.5. The summed E-state index contributed by atoms with van der Waals surface area (Å²) in [5.41, 5.74) is 0.709. The second kappa shape index (κ2) is 10.1. The van der Waals surface area contributed by atoms with E-state index in [1.54, 1.807) is 12.1 Å². The number of hydrogen-bond donors (Lipinski definition) is 4. The van der Waals surface area contributed by atoms with Crippen molar-refractivity contribution in [3.8, 4) is 5.75 Å². The van der Waals surface area contributed by atoms with E-state index in [0.29, 0.717) is 31.2 Å². The van der Waals surface area contributed by atoms with E-state index >= 15 is 0 Å². The molecule has 8 heteroatoms. The Morgan fingerprint density at radius 1 is 1.04 bits per heavy atom. The number of nitrogens with one attached hydrogen (secondary N) is 4. The van der Waals surface area contributed by atoms with Gasteiger partial charge in [0.25, 0.3) is 0 Å². The van der Waals surface area contributed by atoms with Crippen molar-refractivity contribution in [2.45, 2.75) is 20.8 Å². The molecule has 0 saturated heterocycles. The molecule has 0 aliphatic heterocycles. The first-order valence-corrected chi connectivity index (χ1v) is 8.71. The van der Waals surface area contributed by atoms with Gasteiger partial charge in [-0.15, -0.1) is 0 Å². The van der Waals surface area contributed by atoms with Crippen LogP contribution in [0.2, 0.25) is 0 Å². The number of benzene rings is 1. The lowest BCUT2D eigenvalue weighted by Gasteiger charge is -2.11. The van der Waals surface area contributed by atoms with Crippen LogP contribution in [-0.2, 0) is 0 Å². The number of aromatic nitrogens is 2. The molecule has 0 aliphatic rings. The summed E-state index contributed by atoms with van der Waals surface area (Å²) in [5, 5.41) is 11.9. The summed E-state index contributed by atoms with van der Waals surface area (Å²) in [7, 11) is 0. The Bertz CT molecular complexity index is 705. The van der Waals surface area contributed by atoms with Crippen molar-refractivity contribution < 1.29 is 9.53 Å². The van der Waals surface area contributed by atoms with Crippen LogP contribution >= 0.6 is 0 Å². The molecular weight excluding hydrogens is 332 g/mol. The molecular formula is C18H26N6O2. The largest absolute Gasteiger partial charge is 0.494 e. The van der Waals surface area contributed by atoms with E-state index in [0.717, 1.165) is 23.9 Å². The number of carbonyl (C=O) groups excluding carboxylic acids is 1. The van der Waals surface area contributed by atoms with Crippen LogP contribution in [-0.4, -0.2) is 42.2 Å². The van der Waals surface area contributed by atoms with Crippen molar-refractivity contribution in [1.29, 1.82) is 0 Å². The smallest absolute Gasteiger partial charge is 0.319 e. The van der Waals surface area contributed by atoms with Gasteiger partial charge in [-0.3, -0.25) is 0 Å². The first kappa shape index (κ1) is 19.3. The van der Waals surface area contributed by atoms with Gasteiger partial charge in [0.2, 0.25) is 0 Å². The third kappa shape index (κ3) is 6.46. The van der Waals surface area contributed by atoms with E-state index in [4.69, 9.17) is 4.74 Å². The number of ether oxygens (including phenoxy) is 1. The van der Waals surface area contributed by atoms with Gasteiger partial charge < -0.3 is 26.0 Å². The monoisotopic (exact) mass is 358 g/mol. The first-order valence-electron chi connectivity index (χ1n) is 8.71. The summed E-state index contributed by atoms with van der Waals surface area (Å²) in [6, 6.07) is 8.82. The van der Waals surface area contributed by atoms with Crippen LogP contribution < -0.4 is 26.0 Å². The summed E-state index contributed by atoms with van der Waals surface area (Å²) in [6.07, 6.45) is 0. The third-order valence-electron chi connectivity index (χ3n) is 3.34. The SMILES string of the molecule is CCNc1cc(NCCNC(=O)Nc2ccc(OCC)cc2)nc(C)n1. The first-order chi connectivity index (χ1) is 12.6. The zero-order valence-electron chi connectivity index (χ0n) is 15.4. The van der Waals surface area contributed by atoms with Crippen LogP contribution in [0.5, 0.6) is 5.75 Å². The van der Waals surface area contributed by atoms with Crippen molar-refractivity contribution in [2.75, 3.05) is 42.2 Å². The Morgan fingerprint density at radius 2 is 1.73 bits per heavy atom. The molecule has 1 aromatic carbocycles. The predicted octanol–water partition coefficient (Wildman–Crippen LogP) is 2.85. The summed E-state index contributed by atoms with van der Waals surface area (Å²) in [4.78, 5) is 20.5. The highest BCUT2D eigenvalue weighted by Crippen LogP contribution is 2.15. The van der Waals surface area contributed by atoms with E-state index in [1.807, 2.05) is 39.0 Å². The fraction of sp³-hybridized carbons (Fsp3) is 0.389. The molecule has 0 atom stereocenters.